The van der Waals surface area contributed by atoms with Gasteiger partial charge in [-0.05, 0) is 19.4 Å². The zero-order valence-corrected chi connectivity index (χ0v) is 8.83. The zero-order chi connectivity index (χ0) is 9.97. The van der Waals surface area contributed by atoms with Crippen LogP contribution in [0.15, 0.2) is 18.5 Å². The molecular weight excluding hydrogens is 174 g/mol. The van der Waals surface area contributed by atoms with Gasteiger partial charge in [0.2, 0.25) is 0 Å². The highest BCUT2D eigenvalue weighted by Crippen LogP contribution is 2.29. The van der Waals surface area contributed by atoms with Crippen molar-refractivity contribution >= 4 is 11.4 Å². The van der Waals surface area contributed by atoms with Gasteiger partial charge in [0.25, 0.3) is 0 Å². The van der Waals surface area contributed by atoms with E-state index in [2.05, 4.69) is 29.0 Å². The lowest BCUT2D eigenvalue weighted by molar-refractivity contribution is 0.615. The number of anilines is 2. The number of aromatic nitrogens is 1. The highest BCUT2D eigenvalue weighted by molar-refractivity contribution is 5.71. The predicted octanol–water partition coefficient (Wildman–Crippen LogP) is 2.11. The van der Waals surface area contributed by atoms with Crippen molar-refractivity contribution in [2.45, 2.75) is 26.3 Å². The maximum absolute atomic E-state index is 4.18. The lowest BCUT2D eigenvalue weighted by atomic mass is 10.1. The molecule has 2 heterocycles. The van der Waals surface area contributed by atoms with Crippen molar-refractivity contribution in [3.63, 3.8) is 0 Å². The van der Waals surface area contributed by atoms with Crippen LogP contribution in [-0.4, -0.2) is 24.1 Å². The molecule has 1 aliphatic heterocycles. The van der Waals surface area contributed by atoms with Gasteiger partial charge in [-0.15, -0.1) is 0 Å². The molecule has 1 atom stereocenters. The second kappa shape index (κ2) is 3.86. The van der Waals surface area contributed by atoms with Gasteiger partial charge in [-0.3, -0.25) is 4.98 Å². The van der Waals surface area contributed by atoms with Crippen LogP contribution in [0.4, 0.5) is 11.4 Å². The van der Waals surface area contributed by atoms with Gasteiger partial charge >= 0.3 is 0 Å². The van der Waals surface area contributed by atoms with Crippen LogP contribution in [-0.2, 0) is 0 Å². The number of hydrogen-bond donors (Lipinski definition) is 1. The third-order valence-electron chi connectivity index (χ3n) is 2.90. The Morgan fingerprint density at radius 2 is 2.50 bits per heavy atom. The van der Waals surface area contributed by atoms with Crippen LogP contribution >= 0.6 is 0 Å². The SMILES string of the molecule is CCC(C)N1CCNc2ccncc21. The summed E-state index contributed by atoms with van der Waals surface area (Å²) in [5.74, 6) is 0. The summed E-state index contributed by atoms with van der Waals surface area (Å²) < 4.78 is 0. The maximum atomic E-state index is 4.18. The number of rotatable bonds is 2. The normalized spacial score (nSPS) is 17.1. The summed E-state index contributed by atoms with van der Waals surface area (Å²) in [6.45, 7) is 6.60. The fourth-order valence-corrected chi connectivity index (χ4v) is 1.87. The molecule has 0 aliphatic carbocycles. The first-order chi connectivity index (χ1) is 6.83. The minimum Gasteiger partial charge on any atom is -0.382 e. The predicted molar refractivity (Wildman–Crippen MR) is 59.8 cm³/mol. The molecule has 14 heavy (non-hydrogen) atoms. The molecule has 3 heteroatoms. The standard InChI is InChI=1S/C11H17N3/c1-3-9(2)14-7-6-13-10-4-5-12-8-11(10)14/h4-5,8-9,13H,3,6-7H2,1-2H3. The van der Waals surface area contributed by atoms with E-state index in [1.165, 1.54) is 17.8 Å². The molecule has 0 saturated carbocycles. The molecule has 0 radical (unpaired) electrons. The number of nitrogens with one attached hydrogen (secondary N) is 1. The Morgan fingerprint density at radius 3 is 3.29 bits per heavy atom. The first-order valence-electron chi connectivity index (χ1n) is 5.27. The summed E-state index contributed by atoms with van der Waals surface area (Å²) in [6, 6.07) is 2.64. The van der Waals surface area contributed by atoms with E-state index in [0.717, 1.165) is 13.1 Å². The average Bonchev–Trinajstić information content (AvgIpc) is 2.27. The molecular formula is C11H17N3. The van der Waals surface area contributed by atoms with E-state index in [-0.39, 0.29) is 0 Å². The van der Waals surface area contributed by atoms with E-state index in [9.17, 15) is 0 Å². The van der Waals surface area contributed by atoms with Crippen LogP contribution in [0.3, 0.4) is 0 Å². The van der Waals surface area contributed by atoms with Gasteiger partial charge in [0.05, 0.1) is 17.6 Å². The van der Waals surface area contributed by atoms with Crippen molar-refractivity contribution in [2.75, 3.05) is 23.3 Å². The maximum Gasteiger partial charge on any atom is 0.0791 e. The molecule has 0 amide bonds. The number of fused-ring (bicyclic) bond motifs is 1. The minimum atomic E-state index is 0.597. The lowest BCUT2D eigenvalue weighted by Crippen LogP contribution is -2.40. The van der Waals surface area contributed by atoms with Crippen molar-refractivity contribution in [2.24, 2.45) is 0 Å². The van der Waals surface area contributed by atoms with E-state index in [4.69, 9.17) is 0 Å². The fourth-order valence-electron chi connectivity index (χ4n) is 1.87. The van der Waals surface area contributed by atoms with Crippen molar-refractivity contribution in [3.05, 3.63) is 18.5 Å². The van der Waals surface area contributed by atoms with Crippen LogP contribution in [0, 0.1) is 0 Å². The Labute approximate surface area is 85.1 Å². The zero-order valence-electron chi connectivity index (χ0n) is 8.83. The molecule has 76 valence electrons. The van der Waals surface area contributed by atoms with Crippen LogP contribution in [0.25, 0.3) is 0 Å². The van der Waals surface area contributed by atoms with E-state index >= 15 is 0 Å². The third-order valence-corrected chi connectivity index (χ3v) is 2.90. The van der Waals surface area contributed by atoms with Gasteiger partial charge in [-0.2, -0.15) is 0 Å². The molecule has 0 bridgehead atoms. The van der Waals surface area contributed by atoms with Gasteiger partial charge in [0.1, 0.15) is 0 Å². The molecule has 1 aliphatic rings. The van der Waals surface area contributed by atoms with Gasteiger partial charge in [0, 0.05) is 25.3 Å². The highest BCUT2D eigenvalue weighted by atomic mass is 15.2. The molecule has 3 nitrogen and oxygen atoms in total. The van der Waals surface area contributed by atoms with E-state index in [0.29, 0.717) is 6.04 Å². The first kappa shape index (κ1) is 9.31. The van der Waals surface area contributed by atoms with Crippen LogP contribution < -0.4 is 10.2 Å². The van der Waals surface area contributed by atoms with Gasteiger partial charge in [-0.25, -0.2) is 0 Å². The summed E-state index contributed by atoms with van der Waals surface area (Å²) >= 11 is 0. The topological polar surface area (TPSA) is 28.2 Å². The second-order valence-electron chi connectivity index (χ2n) is 3.77. The summed E-state index contributed by atoms with van der Waals surface area (Å²) in [5, 5.41) is 3.39. The molecule has 1 aromatic rings. The molecule has 1 aromatic heterocycles. The van der Waals surface area contributed by atoms with E-state index in [1.807, 2.05) is 18.5 Å². The molecule has 0 aromatic carbocycles. The van der Waals surface area contributed by atoms with Crippen LogP contribution in [0.5, 0.6) is 0 Å². The molecule has 1 unspecified atom stereocenters. The van der Waals surface area contributed by atoms with E-state index < -0.39 is 0 Å². The highest BCUT2D eigenvalue weighted by Gasteiger charge is 2.19. The van der Waals surface area contributed by atoms with Gasteiger partial charge < -0.3 is 10.2 Å². The first-order valence-corrected chi connectivity index (χ1v) is 5.27. The third kappa shape index (κ3) is 1.54. The van der Waals surface area contributed by atoms with E-state index in [1.54, 1.807) is 0 Å². The Hall–Kier alpha value is -1.25. The van der Waals surface area contributed by atoms with Crippen molar-refractivity contribution in [3.8, 4) is 0 Å². The average molecular weight is 191 g/mol. The van der Waals surface area contributed by atoms with Gasteiger partial charge in [0.15, 0.2) is 0 Å². The summed E-state index contributed by atoms with van der Waals surface area (Å²) in [6.07, 6.45) is 4.97. The summed E-state index contributed by atoms with van der Waals surface area (Å²) in [4.78, 5) is 6.61. The summed E-state index contributed by atoms with van der Waals surface area (Å²) in [5.41, 5.74) is 2.46. The molecule has 0 fully saturated rings. The van der Waals surface area contributed by atoms with Crippen molar-refractivity contribution in [1.29, 1.82) is 0 Å². The van der Waals surface area contributed by atoms with Crippen LogP contribution in [0.1, 0.15) is 20.3 Å². The lowest BCUT2D eigenvalue weighted by Gasteiger charge is -2.35. The van der Waals surface area contributed by atoms with Crippen molar-refractivity contribution in [1.82, 2.24) is 4.98 Å². The minimum absolute atomic E-state index is 0.597. The molecule has 1 N–H and O–H groups in total. The monoisotopic (exact) mass is 191 g/mol. The Kier molecular flexibility index (Phi) is 2.57. The largest absolute Gasteiger partial charge is 0.382 e. The quantitative estimate of drug-likeness (QED) is 0.776. The number of pyridine rings is 1. The Bertz CT molecular complexity index is 311. The molecule has 0 spiro atoms. The van der Waals surface area contributed by atoms with Crippen molar-refractivity contribution < 1.29 is 0 Å². The summed E-state index contributed by atoms with van der Waals surface area (Å²) in [7, 11) is 0. The van der Waals surface area contributed by atoms with Crippen LogP contribution in [0.2, 0.25) is 0 Å². The smallest absolute Gasteiger partial charge is 0.0791 e. The molecule has 0 saturated heterocycles. The Morgan fingerprint density at radius 1 is 1.64 bits per heavy atom. The number of hydrogen-bond acceptors (Lipinski definition) is 3. The molecule has 2 rings (SSSR count). The van der Waals surface area contributed by atoms with Gasteiger partial charge in [-0.1, -0.05) is 6.92 Å². The number of nitrogens with zero attached hydrogens (tertiary/aromatic N) is 2. The Balaban J connectivity index is 2.30. The fraction of sp³-hybridized carbons (Fsp3) is 0.545. The second-order valence-corrected chi connectivity index (χ2v) is 3.77.